The summed E-state index contributed by atoms with van der Waals surface area (Å²) in [6.07, 6.45) is 3.43. The molecule has 0 fully saturated rings. The Morgan fingerprint density at radius 1 is 1.10 bits per heavy atom. The molecule has 41 heavy (non-hydrogen) atoms. The minimum Gasteiger partial charge on any atom is -0.365 e. The Hall–Kier alpha value is -5.69. The van der Waals surface area contributed by atoms with Crippen LogP contribution < -0.4 is 10.9 Å². The molecule has 0 saturated heterocycles. The van der Waals surface area contributed by atoms with E-state index < -0.39 is 0 Å². The third-order valence-corrected chi connectivity index (χ3v) is 6.95. The lowest BCUT2D eigenvalue weighted by molar-refractivity contribution is 0.102. The van der Waals surface area contributed by atoms with Gasteiger partial charge in [-0.2, -0.15) is 10.0 Å². The first-order valence-corrected chi connectivity index (χ1v) is 13.0. The number of H-pyrrole nitrogens is 1. The van der Waals surface area contributed by atoms with E-state index >= 15 is 0 Å². The van der Waals surface area contributed by atoms with Crippen molar-refractivity contribution < 1.29 is 9.32 Å². The Kier molecular flexibility index (Phi) is 6.32. The van der Waals surface area contributed by atoms with Gasteiger partial charge in [0.15, 0.2) is 5.69 Å². The van der Waals surface area contributed by atoms with E-state index in [1.807, 2.05) is 68.4 Å². The number of pyridine rings is 1. The van der Waals surface area contributed by atoms with Gasteiger partial charge in [0.05, 0.1) is 5.52 Å². The summed E-state index contributed by atoms with van der Waals surface area (Å²) in [7, 11) is 1.47. The molecule has 4 aromatic heterocycles. The number of benzene rings is 2. The monoisotopic (exact) mass is 543 g/mol. The number of amides is 1. The Bertz CT molecular complexity index is 2020. The van der Waals surface area contributed by atoms with Crippen LogP contribution in [-0.2, 0) is 13.6 Å². The summed E-state index contributed by atoms with van der Waals surface area (Å²) in [4.78, 5) is 38.1. The minimum atomic E-state index is -0.371. The van der Waals surface area contributed by atoms with Crippen molar-refractivity contribution in [1.82, 2.24) is 24.3 Å². The lowest BCUT2D eigenvalue weighted by atomic mass is 10.0. The molecule has 202 valence electrons. The lowest BCUT2D eigenvalue weighted by Crippen LogP contribution is -2.16. The Labute approximate surface area is 234 Å². The number of rotatable bonds is 6. The second-order valence-corrected chi connectivity index (χ2v) is 9.58. The topological polar surface area (TPSA) is 135 Å². The van der Waals surface area contributed by atoms with E-state index in [0.29, 0.717) is 29.3 Å². The number of anilines is 1. The van der Waals surface area contributed by atoms with Crippen LogP contribution in [0.4, 0.5) is 5.69 Å². The maximum Gasteiger partial charge on any atom is 0.291 e. The first kappa shape index (κ1) is 25.6. The van der Waals surface area contributed by atoms with Crippen LogP contribution in [0.5, 0.6) is 0 Å². The van der Waals surface area contributed by atoms with E-state index in [0.717, 1.165) is 38.2 Å². The average Bonchev–Trinajstić information content (AvgIpc) is 3.71. The van der Waals surface area contributed by atoms with E-state index in [-0.39, 0.29) is 22.8 Å². The molecule has 0 aliphatic rings. The highest BCUT2D eigenvalue weighted by Gasteiger charge is 2.21. The number of hydrogen-bond donors (Lipinski definition) is 2. The molecule has 0 radical (unpaired) electrons. The van der Waals surface area contributed by atoms with Crippen LogP contribution in [0.25, 0.3) is 44.7 Å². The first-order valence-electron chi connectivity index (χ1n) is 13.0. The molecular weight excluding hydrogens is 518 g/mol. The number of hydrogen-bond acceptors (Lipinski definition) is 6. The summed E-state index contributed by atoms with van der Waals surface area (Å²) >= 11 is 0. The SMILES string of the molecule is CCn1c(-c2ccc(-c3c(C#N)on(C)c3=O)cc2)cc2cc(C)nc(C(=O)Nc3cccc(-c4ncc[nH]4)c3)c21. The van der Waals surface area contributed by atoms with E-state index in [9.17, 15) is 14.9 Å². The third kappa shape index (κ3) is 4.49. The van der Waals surface area contributed by atoms with Crippen LogP contribution in [-0.4, -0.2) is 30.2 Å². The summed E-state index contributed by atoms with van der Waals surface area (Å²) in [6, 6.07) is 20.8. The van der Waals surface area contributed by atoms with Crippen molar-refractivity contribution in [3.63, 3.8) is 0 Å². The van der Waals surface area contributed by atoms with Crippen molar-refractivity contribution in [3.8, 4) is 39.8 Å². The normalized spacial score (nSPS) is 11.1. The first-order chi connectivity index (χ1) is 19.9. The van der Waals surface area contributed by atoms with Crippen LogP contribution in [0.3, 0.4) is 0 Å². The van der Waals surface area contributed by atoms with Gasteiger partial charge in [0.25, 0.3) is 11.5 Å². The van der Waals surface area contributed by atoms with Crippen LogP contribution in [0.2, 0.25) is 0 Å². The second kappa shape index (κ2) is 10.1. The summed E-state index contributed by atoms with van der Waals surface area (Å²) < 4.78 is 8.35. The largest absolute Gasteiger partial charge is 0.365 e. The van der Waals surface area contributed by atoms with Crippen LogP contribution in [0.15, 0.2) is 82.4 Å². The number of aromatic nitrogens is 5. The molecule has 2 aromatic carbocycles. The van der Waals surface area contributed by atoms with E-state index in [4.69, 9.17) is 4.52 Å². The standard InChI is InChI=1S/C31H25N7O3/c1-4-38-24(19-8-10-20(11-9-19)26-25(17-32)41-37(3)31(26)40)16-22-14-18(2)35-27(28(22)38)30(39)36-23-7-5-6-21(15-23)29-33-12-13-34-29/h5-16H,4H2,1-3H3,(H,33,34)(H,36,39). The molecule has 0 spiro atoms. The molecule has 10 nitrogen and oxygen atoms in total. The van der Waals surface area contributed by atoms with Gasteiger partial charge in [-0.15, -0.1) is 0 Å². The van der Waals surface area contributed by atoms with Crippen molar-refractivity contribution in [3.05, 3.63) is 101 Å². The highest BCUT2D eigenvalue weighted by Crippen LogP contribution is 2.32. The van der Waals surface area contributed by atoms with E-state index in [2.05, 4.69) is 24.8 Å². The number of aromatic amines is 1. The predicted octanol–water partition coefficient (Wildman–Crippen LogP) is 5.50. The molecule has 0 aliphatic heterocycles. The molecule has 6 rings (SSSR count). The van der Waals surface area contributed by atoms with E-state index in [1.165, 1.54) is 7.05 Å². The summed E-state index contributed by atoms with van der Waals surface area (Å²) in [6.45, 7) is 4.48. The molecule has 4 heterocycles. The van der Waals surface area contributed by atoms with Gasteiger partial charge in [-0.3, -0.25) is 9.59 Å². The quantitative estimate of drug-likeness (QED) is 0.285. The molecule has 2 N–H and O–H groups in total. The summed E-state index contributed by atoms with van der Waals surface area (Å²) in [5.41, 5.74) is 5.50. The van der Waals surface area contributed by atoms with Crippen LogP contribution in [0.1, 0.15) is 28.9 Å². The number of fused-ring (bicyclic) bond motifs is 1. The lowest BCUT2D eigenvalue weighted by Gasteiger charge is -2.12. The van der Waals surface area contributed by atoms with Gasteiger partial charge in [0, 0.05) is 54.0 Å². The predicted molar refractivity (Wildman–Crippen MR) is 155 cm³/mol. The maximum absolute atomic E-state index is 13.6. The van der Waals surface area contributed by atoms with Crippen molar-refractivity contribution in [2.24, 2.45) is 7.05 Å². The van der Waals surface area contributed by atoms with Crippen molar-refractivity contribution in [2.45, 2.75) is 20.4 Å². The molecule has 0 unspecified atom stereocenters. The van der Waals surface area contributed by atoms with E-state index in [1.54, 1.807) is 24.5 Å². The second-order valence-electron chi connectivity index (χ2n) is 9.58. The zero-order chi connectivity index (χ0) is 28.7. The molecule has 0 aliphatic carbocycles. The van der Waals surface area contributed by atoms with Crippen molar-refractivity contribution in [1.29, 1.82) is 5.26 Å². The summed E-state index contributed by atoms with van der Waals surface area (Å²) in [5.74, 6) is 0.370. The molecular formula is C31H25N7O3. The zero-order valence-electron chi connectivity index (χ0n) is 22.6. The highest BCUT2D eigenvalue weighted by atomic mass is 16.5. The number of nitrogens with zero attached hydrogens (tertiary/aromatic N) is 5. The van der Waals surface area contributed by atoms with Crippen LogP contribution in [0, 0.1) is 18.3 Å². The Balaban J connectivity index is 1.39. The van der Waals surface area contributed by atoms with Gasteiger partial charge in [-0.1, -0.05) is 36.4 Å². The fourth-order valence-electron chi connectivity index (χ4n) is 5.13. The highest BCUT2D eigenvalue weighted by molar-refractivity contribution is 6.11. The van der Waals surface area contributed by atoms with Crippen molar-refractivity contribution in [2.75, 3.05) is 5.32 Å². The number of imidazole rings is 1. The van der Waals surface area contributed by atoms with Gasteiger partial charge in [-0.25, -0.2) is 9.97 Å². The van der Waals surface area contributed by atoms with Gasteiger partial charge >= 0.3 is 0 Å². The molecule has 0 saturated carbocycles. The number of aryl methyl sites for hydroxylation is 3. The number of nitrogens with one attached hydrogen (secondary N) is 2. The molecule has 10 heteroatoms. The fourth-order valence-corrected chi connectivity index (χ4v) is 5.13. The van der Waals surface area contributed by atoms with Gasteiger partial charge in [-0.05, 0) is 49.2 Å². The molecule has 1 amide bonds. The minimum absolute atomic E-state index is 0.0279. The van der Waals surface area contributed by atoms with Gasteiger partial charge < -0.3 is 19.4 Å². The van der Waals surface area contributed by atoms with Gasteiger partial charge in [0.2, 0.25) is 5.76 Å². The summed E-state index contributed by atoms with van der Waals surface area (Å²) in [5, 5.41) is 13.3. The Morgan fingerprint density at radius 3 is 2.59 bits per heavy atom. The number of carbonyl (C=O) groups excluding carboxylic acids is 1. The number of carbonyl (C=O) groups is 1. The van der Waals surface area contributed by atoms with Crippen LogP contribution >= 0.6 is 0 Å². The van der Waals surface area contributed by atoms with Gasteiger partial charge in [0.1, 0.15) is 17.5 Å². The zero-order valence-corrected chi connectivity index (χ0v) is 22.6. The third-order valence-electron chi connectivity index (χ3n) is 6.95. The maximum atomic E-state index is 13.6. The smallest absolute Gasteiger partial charge is 0.291 e. The fraction of sp³-hybridized carbons (Fsp3) is 0.129. The number of nitriles is 1. The Morgan fingerprint density at radius 2 is 1.88 bits per heavy atom. The average molecular weight is 544 g/mol. The van der Waals surface area contributed by atoms with Crippen molar-refractivity contribution >= 4 is 22.5 Å². The molecule has 6 aromatic rings. The molecule has 0 atom stereocenters. The molecule has 0 bridgehead atoms.